The molecule has 0 aromatic heterocycles. The van der Waals surface area contributed by atoms with Crippen LogP contribution in [0.1, 0.15) is 71.2 Å². The van der Waals surface area contributed by atoms with Crippen molar-refractivity contribution in [2.24, 2.45) is 0 Å². The lowest BCUT2D eigenvalue weighted by atomic mass is 10.1. The Balaban J connectivity index is 0.00000158. The molecule has 0 bridgehead atoms. The SMILES string of the molecule is CC.CC.CC.CC(NC(=O)C(O)C(O)C(=O)N1Cc2ccccc2C1)c1cccc(O)c1. The zero-order valence-electron chi connectivity index (χ0n) is 20.9. The second-order valence-corrected chi connectivity index (χ2v) is 6.68. The van der Waals surface area contributed by atoms with Crippen LogP contribution in [0, 0.1) is 0 Å². The number of aliphatic hydroxyl groups is 2. The summed E-state index contributed by atoms with van der Waals surface area (Å²) in [7, 11) is 0. The molecule has 184 valence electrons. The molecule has 3 unspecified atom stereocenters. The monoisotopic (exact) mass is 460 g/mol. The van der Waals surface area contributed by atoms with E-state index in [0.29, 0.717) is 18.7 Å². The molecule has 7 heteroatoms. The zero-order chi connectivity index (χ0) is 25.6. The van der Waals surface area contributed by atoms with Gasteiger partial charge in [-0.25, -0.2) is 0 Å². The average molecular weight is 461 g/mol. The molecule has 0 saturated carbocycles. The van der Waals surface area contributed by atoms with Crippen molar-refractivity contribution in [3.05, 3.63) is 65.2 Å². The van der Waals surface area contributed by atoms with E-state index >= 15 is 0 Å². The van der Waals surface area contributed by atoms with E-state index in [2.05, 4.69) is 5.32 Å². The molecule has 0 aliphatic carbocycles. The summed E-state index contributed by atoms with van der Waals surface area (Å²) in [5.41, 5.74) is 2.59. The Hall–Kier alpha value is -2.90. The predicted molar refractivity (Wildman–Crippen MR) is 131 cm³/mol. The van der Waals surface area contributed by atoms with Crippen LogP contribution in [0.2, 0.25) is 0 Å². The van der Waals surface area contributed by atoms with Gasteiger partial charge in [0.15, 0.2) is 12.2 Å². The molecule has 0 fully saturated rings. The highest BCUT2D eigenvalue weighted by molar-refractivity contribution is 5.91. The summed E-state index contributed by atoms with van der Waals surface area (Å²) < 4.78 is 0. The molecular formula is C26H40N2O5. The first-order chi connectivity index (χ1) is 15.9. The van der Waals surface area contributed by atoms with Gasteiger partial charge in [0.2, 0.25) is 0 Å². The summed E-state index contributed by atoms with van der Waals surface area (Å²) in [6, 6.07) is 13.3. The van der Waals surface area contributed by atoms with Gasteiger partial charge >= 0.3 is 0 Å². The van der Waals surface area contributed by atoms with Crippen molar-refractivity contribution in [2.75, 3.05) is 0 Å². The summed E-state index contributed by atoms with van der Waals surface area (Å²) in [5, 5.41) is 32.4. The number of phenols is 1. The molecule has 0 spiro atoms. The maximum absolute atomic E-state index is 12.5. The van der Waals surface area contributed by atoms with Crippen LogP contribution in [0.15, 0.2) is 48.5 Å². The Morgan fingerprint density at radius 3 is 1.85 bits per heavy atom. The number of hydrogen-bond donors (Lipinski definition) is 4. The molecule has 4 N–H and O–H groups in total. The molecular weight excluding hydrogens is 420 g/mol. The van der Waals surface area contributed by atoms with Crippen LogP contribution >= 0.6 is 0 Å². The number of nitrogens with zero attached hydrogens (tertiary/aromatic N) is 1. The van der Waals surface area contributed by atoms with Gasteiger partial charge in [-0.1, -0.05) is 77.9 Å². The molecule has 33 heavy (non-hydrogen) atoms. The molecule has 1 aliphatic heterocycles. The number of rotatable bonds is 5. The predicted octanol–water partition coefficient (Wildman–Crippen LogP) is 3.91. The van der Waals surface area contributed by atoms with Gasteiger partial charge in [0, 0.05) is 13.1 Å². The van der Waals surface area contributed by atoms with Crippen LogP contribution < -0.4 is 5.32 Å². The fourth-order valence-corrected chi connectivity index (χ4v) is 3.13. The number of hydrogen-bond acceptors (Lipinski definition) is 5. The average Bonchev–Trinajstić information content (AvgIpc) is 3.30. The lowest BCUT2D eigenvalue weighted by Gasteiger charge is -2.24. The number of fused-ring (bicyclic) bond motifs is 1. The van der Waals surface area contributed by atoms with Crippen LogP contribution in [-0.2, 0) is 22.7 Å². The van der Waals surface area contributed by atoms with Gasteiger partial charge in [0.05, 0.1) is 6.04 Å². The topological polar surface area (TPSA) is 110 Å². The molecule has 0 saturated heterocycles. The summed E-state index contributed by atoms with van der Waals surface area (Å²) in [6.45, 7) is 14.3. The van der Waals surface area contributed by atoms with Gasteiger partial charge < -0.3 is 25.5 Å². The summed E-state index contributed by atoms with van der Waals surface area (Å²) in [4.78, 5) is 26.1. The van der Waals surface area contributed by atoms with Crippen LogP contribution in [0.3, 0.4) is 0 Å². The third kappa shape index (κ3) is 8.51. The van der Waals surface area contributed by atoms with Crippen molar-refractivity contribution >= 4 is 11.8 Å². The molecule has 0 radical (unpaired) electrons. The van der Waals surface area contributed by atoms with E-state index in [9.17, 15) is 24.9 Å². The molecule has 1 aliphatic rings. The lowest BCUT2D eigenvalue weighted by molar-refractivity contribution is -0.153. The number of aromatic hydroxyl groups is 1. The summed E-state index contributed by atoms with van der Waals surface area (Å²) in [6.07, 6.45) is -3.74. The Labute approximate surface area is 198 Å². The fourth-order valence-electron chi connectivity index (χ4n) is 3.13. The van der Waals surface area contributed by atoms with Crippen molar-refractivity contribution in [2.45, 2.75) is 79.8 Å². The van der Waals surface area contributed by atoms with Crippen molar-refractivity contribution in [1.29, 1.82) is 0 Å². The van der Waals surface area contributed by atoms with E-state index < -0.39 is 30.1 Å². The maximum Gasteiger partial charge on any atom is 0.255 e. The minimum atomic E-state index is -1.89. The van der Waals surface area contributed by atoms with Gasteiger partial charge in [-0.05, 0) is 35.7 Å². The van der Waals surface area contributed by atoms with Crippen LogP contribution in [0.5, 0.6) is 5.75 Å². The number of phenolic OH excluding ortho intramolecular Hbond substituents is 1. The van der Waals surface area contributed by atoms with Crippen molar-refractivity contribution < 1.29 is 24.9 Å². The van der Waals surface area contributed by atoms with Crippen LogP contribution in [0.4, 0.5) is 0 Å². The van der Waals surface area contributed by atoms with Gasteiger partial charge in [-0.2, -0.15) is 0 Å². The van der Waals surface area contributed by atoms with Crippen molar-refractivity contribution in [1.82, 2.24) is 10.2 Å². The van der Waals surface area contributed by atoms with Gasteiger partial charge in [0.1, 0.15) is 5.75 Å². The first-order valence-electron chi connectivity index (χ1n) is 11.7. The second-order valence-electron chi connectivity index (χ2n) is 6.68. The largest absolute Gasteiger partial charge is 0.508 e. The normalized spacial score (nSPS) is 13.9. The Bertz CT molecular complexity index is 831. The maximum atomic E-state index is 12.5. The lowest BCUT2D eigenvalue weighted by Crippen LogP contribution is -2.50. The molecule has 3 atom stereocenters. The first-order valence-corrected chi connectivity index (χ1v) is 11.7. The van der Waals surface area contributed by atoms with Crippen molar-refractivity contribution in [3.8, 4) is 5.75 Å². The Kier molecular flexibility index (Phi) is 14.4. The van der Waals surface area contributed by atoms with Gasteiger partial charge in [0.25, 0.3) is 11.8 Å². The number of nitrogens with one attached hydrogen (secondary N) is 1. The Morgan fingerprint density at radius 2 is 1.36 bits per heavy atom. The zero-order valence-corrected chi connectivity index (χ0v) is 20.9. The third-order valence-electron chi connectivity index (χ3n) is 4.70. The van der Waals surface area contributed by atoms with Gasteiger partial charge in [-0.3, -0.25) is 9.59 Å². The minimum absolute atomic E-state index is 0.0537. The molecule has 2 amide bonds. The Morgan fingerprint density at radius 1 is 0.848 bits per heavy atom. The third-order valence-corrected chi connectivity index (χ3v) is 4.70. The van der Waals surface area contributed by atoms with Crippen molar-refractivity contribution in [3.63, 3.8) is 0 Å². The molecule has 2 aromatic rings. The van der Waals surface area contributed by atoms with E-state index in [0.717, 1.165) is 11.1 Å². The van der Waals surface area contributed by atoms with E-state index in [4.69, 9.17) is 0 Å². The highest BCUT2D eigenvalue weighted by atomic mass is 16.3. The summed E-state index contributed by atoms with van der Waals surface area (Å²) >= 11 is 0. The quantitative estimate of drug-likeness (QED) is 0.541. The molecule has 1 heterocycles. The van der Waals surface area contributed by atoms with E-state index in [1.807, 2.05) is 65.8 Å². The van der Waals surface area contributed by atoms with E-state index in [-0.39, 0.29) is 5.75 Å². The number of carbonyl (C=O) groups is 2. The van der Waals surface area contributed by atoms with E-state index in [1.165, 1.54) is 17.0 Å². The van der Waals surface area contributed by atoms with Crippen LogP contribution in [0.25, 0.3) is 0 Å². The molecule has 3 rings (SSSR count). The highest BCUT2D eigenvalue weighted by Gasteiger charge is 2.35. The highest BCUT2D eigenvalue weighted by Crippen LogP contribution is 2.23. The van der Waals surface area contributed by atoms with Crippen LogP contribution in [-0.4, -0.2) is 44.2 Å². The number of aliphatic hydroxyl groups excluding tert-OH is 2. The smallest absolute Gasteiger partial charge is 0.255 e. The summed E-state index contributed by atoms with van der Waals surface area (Å²) in [5.74, 6) is -1.50. The standard InChI is InChI=1S/C20H22N2O5.3C2H6/c1-12(13-7-4-8-16(23)9-13)21-19(26)17(24)18(25)20(27)22-10-14-5-2-3-6-15(14)11-22;3*1-2/h2-9,12,17-18,23-25H,10-11H2,1H3,(H,21,26);3*1-2H3. The molecule has 2 aromatic carbocycles. The first kappa shape index (κ1) is 30.1. The minimum Gasteiger partial charge on any atom is -0.508 e. The van der Waals surface area contributed by atoms with Gasteiger partial charge in [-0.15, -0.1) is 0 Å². The number of amides is 2. The van der Waals surface area contributed by atoms with E-state index in [1.54, 1.807) is 19.1 Å². The number of benzene rings is 2. The fraction of sp³-hybridized carbons (Fsp3) is 0.462. The molecule has 7 nitrogen and oxygen atoms in total. The second kappa shape index (κ2) is 15.8. The number of carbonyl (C=O) groups excluding carboxylic acids is 2.